The van der Waals surface area contributed by atoms with Gasteiger partial charge in [0.25, 0.3) is 0 Å². The summed E-state index contributed by atoms with van der Waals surface area (Å²) in [5, 5.41) is 13.3. The van der Waals surface area contributed by atoms with Crippen molar-refractivity contribution >= 4 is 0 Å². The largest absolute Gasteiger partial charge is 0.393 e. The van der Waals surface area contributed by atoms with Crippen LogP contribution in [0, 0.1) is 11.2 Å². The molecule has 1 aromatic rings. The molecule has 0 aromatic heterocycles. The topological polar surface area (TPSA) is 32.3 Å². The molecule has 0 saturated heterocycles. The first kappa shape index (κ1) is 15.5. The molecule has 2 N–H and O–H groups in total. The maximum absolute atomic E-state index is 13.1. The summed E-state index contributed by atoms with van der Waals surface area (Å²) in [6.45, 7) is 6.60. The fourth-order valence-electron chi connectivity index (χ4n) is 2.98. The van der Waals surface area contributed by atoms with E-state index in [-0.39, 0.29) is 23.4 Å². The molecule has 1 aliphatic carbocycles. The highest BCUT2D eigenvalue weighted by atomic mass is 19.1. The fourth-order valence-corrected chi connectivity index (χ4v) is 2.98. The summed E-state index contributed by atoms with van der Waals surface area (Å²) < 4.78 is 13.1. The Kier molecular flexibility index (Phi) is 4.82. The van der Waals surface area contributed by atoms with Gasteiger partial charge in [-0.1, -0.05) is 32.9 Å². The van der Waals surface area contributed by atoms with Crippen molar-refractivity contribution in [3.63, 3.8) is 0 Å². The molecule has 1 aromatic carbocycles. The lowest BCUT2D eigenvalue weighted by molar-refractivity contribution is 0.107. The van der Waals surface area contributed by atoms with Crippen molar-refractivity contribution in [2.45, 2.75) is 64.6 Å². The van der Waals surface area contributed by atoms with Crippen LogP contribution in [0.3, 0.4) is 0 Å². The van der Waals surface area contributed by atoms with Crippen LogP contribution in [0.4, 0.5) is 4.39 Å². The van der Waals surface area contributed by atoms with Crippen LogP contribution in [0.1, 0.15) is 58.1 Å². The van der Waals surface area contributed by atoms with Gasteiger partial charge in [-0.2, -0.15) is 0 Å². The van der Waals surface area contributed by atoms with Gasteiger partial charge in [0.05, 0.1) is 6.10 Å². The molecule has 0 amide bonds. The molecule has 3 heteroatoms. The molecule has 1 saturated carbocycles. The Morgan fingerprint density at radius 2 is 1.65 bits per heavy atom. The van der Waals surface area contributed by atoms with Gasteiger partial charge in [-0.3, -0.25) is 0 Å². The highest BCUT2D eigenvalue weighted by Crippen LogP contribution is 2.34. The number of benzene rings is 1. The highest BCUT2D eigenvalue weighted by molar-refractivity contribution is 5.22. The lowest BCUT2D eigenvalue weighted by Crippen LogP contribution is -2.41. The fraction of sp³-hybridized carbons (Fsp3) is 0.647. The first-order chi connectivity index (χ1) is 9.36. The van der Waals surface area contributed by atoms with Crippen LogP contribution >= 0.6 is 0 Å². The minimum atomic E-state index is -0.192. The number of rotatable bonds is 3. The van der Waals surface area contributed by atoms with Crippen LogP contribution in [0.25, 0.3) is 0 Å². The van der Waals surface area contributed by atoms with Gasteiger partial charge in [0.1, 0.15) is 5.82 Å². The summed E-state index contributed by atoms with van der Waals surface area (Å²) in [5.74, 6) is -0.192. The molecule has 0 bridgehead atoms. The summed E-state index contributed by atoms with van der Waals surface area (Å²) in [7, 11) is 0. The molecule has 1 atom stereocenters. The molecule has 20 heavy (non-hydrogen) atoms. The van der Waals surface area contributed by atoms with Crippen LogP contribution in [0.15, 0.2) is 24.3 Å². The third-order valence-electron chi connectivity index (χ3n) is 4.17. The number of aliphatic hydroxyl groups is 1. The molecule has 0 spiro atoms. The zero-order valence-electron chi connectivity index (χ0n) is 12.7. The van der Waals surface area contributed by atoms with E-state index in [1.165, 1.54) is 12.1 Å². The average Bonchev–Trinajstić information content (AvgIpc) is 2.38. The van der Waals surface area contributed by atoms with Gasteiger partial charge >= 0.3 is 0 Å². The molecular formula is C17H26FNO. The van der Waals surface area contributed by atoms with Gasteiger partial charge in [0.15, 0.2) is 0 Å². The van der Waals surface area contributed by atoms with E-state index in [1.54, 1.807) is 0 Å². The zero-order valence-corrected chi connectivity index (χ0v) is 12.7. The Morgan fingerprint density at radius 3 is 2.15 bits per heavy atom. The summed E-state index contributed by atoms with van der Waals surface area (Å²) in [6.07, 6.45) is 3.63. The van der Waals surface area contributed by atoms with Crippen molar-refractivity contribution in [2.24, 2.45) is 5.41 Å². The van der Waals surface area contributed by atoms with Crippen LogP contribution in [0.5, 0.6) is 0 Å². The first-order valence-electron chi connectivity index (χ1n) is 7.56. The second kappa shape index (κ2) is 6.23. The van der Waals surface area contributed by atoms with Crippen molar-refractivity contribution in [1.29, 1.82) is 0 Å². The van der Waals surface area contributed by atoms with Crippen molar-refractivity contribution in [2.75, 3.05) is 0 Å². The smallest absolute Gasteiger partial charge is 0.123 e. The second-order valence-corrected chi connectivity index (χ2v) is 7.02. The van der Waals surface area contributed by atoms with Gasteiger partial charge in [-0.05, 0) is 48.8 Å². The van der Waals surface area contributed by atoms with E-state index in [2.05, 4.69) is 26.1 Å². The van der Waals surface area contributed by atoms with E-state index in [9.17, 15) is 9.50 Å². The maximum atomic E-state index is 13.1. The van der Waals surface area contributed by atoms with E-state index >= 15 is 0 Å². The summed E-state index contributed by atoms with van der Waals surface area (Å²) in [4.78, 5) is 0. The average molecular weight is 279 g/mol. The number of nitrogens with one attached hydrogen (secondary N) is 1. The van der Waals surface area contributed by atoms with E-state index in [0.717, 1.165) is 31.2 Å². The van der Waals surface area contributed by atoms with E-state index in [0.29, 0.717) is 6.04 Å². The Bertz CT molecular complexity index is 416. The summed E-state index contributed by atoms with van der Waals surface area (Å²) >= 11 is 0. The van der Waals surface area contributed by atoms with Crippen molar-refractivity contribution in [3.8, 4) is 0 Å². The highest BCUT2D eigenvalue weighted by Gasteiger charge is 2.30. The van der Waals surface area contributed by atoms with Gasteiger partial charge in [-0.25, -0.2) is 4.39 Å². The summed E-state index contributed by atoms with van der Waals surface area (Å²) in [5.41, 5.74) is 1.19. The molecule has 2 rings (SSSR count). The molecule has 112 valence electrons. The molecule has 1 fully saturated rings. The number of hydrogen-bond donors (Lipinski definition) is 2. The van der Waals surface area contributed by atoms with Gasteiger partial charge in [-0.15, -0.1) is 0 Å². The van der Waals surface area contributed by atoms with Crippen molar-refractivity contribution in [3.05, 3.63) is 35.6 Å². The SMILES string of the molecule is CC(C)(C)C(NC1CCC(O)CC1)c1ccc(F)cc1. The minimum Gasteiger partial charge on any atom is -0.393 e. The van der Waals surface area contributed by atoms with E-state index in [4.69, 9.17) is 0 Å². The molecule has 1 aliphatic rings. The van der Waals surface area contributed by atoms with Crippen LogP contribution in [0.2, 0.25) is 0 Å². The Balaban J connectivity index is 2.10. The van der Waals surface area contributed by atoms with Gasteiger partial charge in [0.2, 0.25) is 0 Å². The van der Waals surface area contributed by atoms with E-state index in [1.807, 2.05) is 12.1 Å². The predicted molar refractivity (Wildman–Crippen MR) is 80.0 cm³/mol. The Labute approximate surface area is 121 Å². The zero-order chi connectivity index (χ0) is 14.8. The quantitative estimate of drug-likeness (QED) is 0.882. The summed E-state index contributed by atoms with van der Waals surface area (Å²) in [6, 6.07) is 7.43. The third kappa shape index (κ3) is 4.03. The Morgan fingerprint density at radius 1 is 1.10 bits per heavy atom. The number of aliphatic hydroxyl groups excluding tert-OH is 1. The standard InChI is InChI=1S/C17H26FNO/c1-17(2,3)16(12-4-6-13(18)7-5-12)19-14-8-10-15(20)11-9-14/h4-7,14-16,19-20H,8-11H2,1-3H3. The van der Waals surface area contributed by atoms with Crippen LogP contribution in [-0.2, 0) is 0 Å². The first-order valence-corrected chi connectivity index (χ1v) is 7.56. The minimum absolute atomic E-state index is 0.0634. The molecule has 2 nitrogen and oxygen atoms in total. The molecule has 0 heterocycles. The lowest BCUT2D eigenvalue weighted by Gasteiger charge is -2.37. The predicted octanol–water partition coefficient (Wildman–Crippen LogP) is 3.81. The third-order valence-corrected chi connectivity index (χ3v) is 4.17. The van der Waals surface area contributed by atoms with Gasteiger partial charge < -0.3 is 10.4 Å². The maximum Gasteiger partial charge on any atom is 0.123 e. The molecule has 1 unspecified atom stereocenters. The number of hydrogen-bond acceptors (Lipinski definition) is 2. The molecular weight excluding hydrogens is 253 g/mol. The Hall–Kier alpha value is -0.930. The monoisotopic (exact) mass is 279 g/mol. The second-order valence-electron chi connectivity index (χ2n) is 7.02. The number of halogens is 1. The van der Waals surface area contributed by atoms with Gasteiger partial charge in [0, 0.05) is 12.1 Å². The van der Waals surface area contributed by atoms with Crippen LogP contribution < -0.4 is 5.32 Å². The van der Waals surface area contributed by atoms with Crippen molar-refractivity contribution < 1.29 is 9.50 Å². The van der Waals surface area contributed by atoms with Crippen molar-refractivity contribution in [1.82, 2.24) is 5.32 Å². The molecule has 0 radical (unpaired) electrons. The lowest BCUT2D eigenvalue weighted by atomic mass is 9.81. The van der Waals surface area contributed by atoms with E-state index < -0.39 is 0 Å². The van der Waals surface area contributed by atoms with Crippen LogP contribution in [-0.4, -0.2) is 17.3 Å². The molecule has 0 aliphatic heterocycles. The normalized spacial score (nSPS) is 25.4.